The number of aliphatic hydroxyl groups excluding tert-OH is 1. The van der Waals surface area contributed by atoms with E-state index in [9.17, 15) is 5.11 Å². The molecule has 3 N–H and O–H groups in total. The zero-order valence-corrected chi connectivity index (χ0v) is 10.5. The first kappa shape index (κ1) is 15.2. The van der Waals surface area contributed by atoms with E-state index in [2.05, 4.69) is 0 Å². The Kier molecular flexibility index (Phi) is 10.8. The molecular weight excluding hydrogens is 214 g/mol. The van der Waals surface area contributed by atoms with Crippen molar-refractivity contribution < 1.29 is 14.6 Å². The van der Waals surface area contributed by atoms with Crippen molar-refractivity contribution in [1.82, 2.24) is 0 Å². The number of nitrogens with two attached hydrogens (primary N) is 1. The van der Waals surface area contributed by atoms with Gasteiger partial charge in [-0.2, -0.15) is 11.8 Å². The van der Waals surface area contributed by atoms with E-state index in [4.69, 9.17) is 15.2 Å². The van der Waals surface area contributed by atoms with Crippen molar-refractivity contribution in [3.8, 4) is 0 Å². The van der Waals surface area contributed by atoms with Gasteiger partial charge in [0.05, 0.1) is 25.4 Å². The van der Waals surface area contributed by atoms with Crippen LogP contribution in [0.2, 0.25) is 0 Å². The summed E-state index contributed by atoms with van der Waals surface area (Å²) < 4.78 is 10.3. The Morgan fingerprint density at radius 3 is 2.73 bits per heavy atom. The van der Waals surface area contributed by atoms with E-state index in [1.54, 1.807) is 18.9 Å². The average molecular weight is 237 g/mol. The van der Waals surface area contributed by atoms with Gasteiger partial charge in [0.2, 0.25) is 0 Å². The lowest BCUT2D eigenvalue weighted by Crippen LogP contribution is -2.24. The van der Waals surface area contributed by atoms with Crippen molar-refractivity contribution >= 4 is 11.8 Å². The molecule has 0 aliphatic rings. The highest BCUT2D eigenvalue weighted by Crippen LogP contribution is 2.05. The number of ether oxygens (including phenoxy) is 2. The Morgan fingerprint density at radius 1 is 1.40 bits per heavy atom. The highest BCUT2D eigenvalue weighted by Gasteiger charge is 2.07. The van der Waals surface area contributed by atoms with Crippen LogP contribution in [0.15, 0.2) is 0 Å². The Hall–Kier alpha value is 0.190. The van der Waals surface area contributed by atoms with Crippen LogP contribution in [-0.2, 0) is 9.47 Å². The zero-order chi connectivity index (χ0) is 11.5. The molecular formula is C10H23NO3S. The molecule has 5 heteroatoms. The Morgan fingerprint density at radius 2 is 2.13 bits per heavy atom. The minimum atomic E-state index is -0.396. The molecule has 2 atom stereocenters. The molecule has 0 aromatic rings. The quantitative estimate of drug-likeness (QED) is 0.541. The van der Waals surface area contributed by atoms with Crippen LogP contribution in [0.4, 0.5) is 0 Å². The van der Waals surface area contributed by atoms with Crippen LogP contribution in [0.25, 0.3) is 0 Å². The third-order valence-corrected chi connectivity index (χ3v) is 2.98. The van der Waals surface area contributed by atoms with Crippen LogP contribution in [0, 0.1) is 0 Å². The molecule has 0 radical (unpaired) electrons. The second-order valence-corrected chi connectivity index (χ2v) is 4.62. The molecule has 0 fully saturated rings. The van der Waals surface area contributed by atoms with Crippen LogP contribution in [0.3, 0.4) is 0 Å². The van der Waals surface area contributed by atoms with Crippen molar-refractivity contribution in [1.29, 1.82) is 0 Å². The fourth-order valence-electron chi connectivity index (χ4n) is 1.01. The molecule has 2 unspecified atom stereocenters. The van der Waals surface area contributed by atoms with Crippen LogP contribution >= 0.6 is 11.8 Å². The fraction of sp³-hybridized carbons (Fsp3) is 1.00. The molecule has 0 saturated carbocycles. The van der Waals surface area contributed by atoms with Crippen LogP contribution in [0.1, 0.15) is 13.3 Å². The van der Waals surface area contributed by atoms with E-state index in [0.717, 1.165) is 12.2 Å². The van der Waals surface area contributed by atoms with Crippen molar-refractivity contribution in [3.63, 3.8) is 0 Å². The number of hydrogen-bond donors (Lipinski definition) is 2. The van der Waals surface area contributed by atoms with Gasteiger partial charge in [-0.25, -0.2) is 0 Å². The lowest BCUT2D eigenvalue weighted by molar-refractivity contribution is -0.0257. The summed E-state index contributed by atoms with van der Waals surface area (Å²) in [7, 11) is 1.64. The normalized spacial score (nSPS) is 15.2. The minimum absolute atomic E-state index is 0.0405. The standard InChI is InChI=1S/C10H23NO3S/c1-9(6-13-2)14-7-10(12)8-15-5-3-4-11/h9-10,12H,3-8,11H2,1-2H3. The van der Waals surface area contributed by atoms with Crippen molar-refractivity contribution in [2.45, 2.75) is 25.6 Å². The third-order valence-electron chi connectivity index (χ3n) is 1.78. The predicted octanol–water partition coefficient (Wildman–Crippen LogP) is 0.481. The van der Waals surface area contributed by atoms with Gasteiger partial charge in [0.25, 0.3) is 0 Å². The van der Waals surface area contributed by atoms with Crippen LogP contribution in [-0.4, -0.2) is 55.7 Å². The highest BCUT2D eigenvalue weighted by atomic mass is 32.2. The maximum absolute atomic E-state index is 9.55. The summed E-state index contributed by atoms with van der Waals surface area (Å²) in [6.07, 6.45) is 0.643. The van der Waals surface area contributed by atoms with E-state index in [0.29, 0.717) is 25.5 Å². The molecule has 0 saturated heterocycles. The summed E-state index contributed by atoms with van der Waals surface area (Å²) in [6.45, 7) is 3.58. The lowest BCUT2D eigenvalue weighted by Gasteiger charge is -2.15. The smallest absolute Gasteiger partial charge is 0.0863 e. The highest BCUT2D eigenvalue weighted by molar-refractivity contribution is 7.99. The molecule has 0 aliphatic heterocycles. The summed E-state index contributed by atoms with van der Waals surface area (Å²) in [5, 5.41) is 9.55. The molecule has 0 bridgehead atoms. The van der Waals surface area contributed by atoms with E-state index < -0.39 is 6.10 Å². The first-order valence-electron chi connectivity index (χ1n) is 5.27. The number of methoxy groups -OCH3 is 1. The number of rotatable bonds is 10. The third kappa shape index (κ3) is 10.5. The van der Waals surface area contributed by atoms with Crippen molar-refractivity contribution in [2.24, 2.45) is 5.73 Å². The Labute approximate surface area is 96.5 Å². The van der Waals surface area contributed by atoms with Crippen LogP contribution in [0.5, 0.6) is 0 Å². The lowest BCUT2D eigenvalue weighted by atomic mass is 10.4. The molecule has 0 aliphatic carbocycles. The summed E-state index contributed by atoms with van der Waals surface area (Å²) in [4.78, 5) is 0. The SMILES string of the molecule is COCC(C)OCC(O)CSCCCN. The van der Waals surface area contributed by atoms with Gasteiger partial charge in [-0.3, -0.25) is 0 Å². The summed E-state index contributed by atoms with van der Waals surface area (Å²) >= 11 is 1.71. The first-order valence-corrected chi connectivity index (χ1v) is 6.42. The number of thioether (sulfide) groups is 1. The summed E-state index contributed by atoms with van der Waals surface area (Å²) in [5.41, 5.74) is 5.36. The second kappa shape index (κ2) is 10.7. The zero-order valence-electron chi connectivity index (χ0n) is 9.65. The van der Waals surface area contributed by atoms with Gasteiger partial charge < -0.3 is 20.3 Å². The molecule has 0 heterocycles. The van der Waals surface area contributed by atoms with Gasteiger partial charge in [0, 0.05) is 12.9 Å². The van der Waals surface area contributed by atoms with Gasteiger partial charge in [0.1, 0.15) is 0 Å². The van der Waals surface area contributed by atoms with Crippen LogP contribution < -0.4 is 5.73 Å². The molecule has 0 aromatic heterocycles. The van der Waals surface area contributed by atoms with Gasteiger partial charge in [-0.15, -0.1) is 0 Å². The molecule has 15 heavy (non-hydrogen) atoms. The monoisotopic (exact) mass is 237 g/mol. The maximum Gasteiger partial charge on any atom is 0.0863 e. The molecule has 0 amide bonds. The van der Waals surface area contributed by atoms with Gasteiger partial charge in [-0.1, -0.05) is 0 Å². The topological polar surface area (TPSA) is 64.7 Å². The van der Waals surface area contributed by atoms with Gasteiger partial charge in [0.15, 0.2) is 0 Å². The van der Waals surface area contributed by atoms with E-state index in [1.165, 1.54) is 0 Å². The van der Waals surface area contributed by atoms with Gasteiger partial charge in [-0.05, 0) is 25.6 Å². The largest absolute Gasteiger partial charge is 0.390 e. The number of aliphatic hydroxyl groups is 1. The fourth-order valence-corrected chi connectivity index (χ4v) is 1.92. The van der Waals surface area contributed by atoms with E-state index >= 15 is 0 Å². The van der Waals surface area contributed by atoms with Crippen molar-refractivity contribution in [3.05, 3.63) is 0 Å². The molecule has 0 spiro atoms. The average Bonchev–Trinajstić information content (AvgIpc) is 2.22. The molecule has 4 nitrogen and oxygen atoms in total. The van der Waals surface area contributed by atoms with E-state index in [-0.39, 0.29) is 6.10 Å². The summed E-state index contributed by atoms with van der Waals surface area (Å²) in [5.74, 6) is 1.71. The predicted molar refractivity (Wildman–Crippen MR) is 64.3 cm³/mol. The number of hydrogen-bond acceptors (Lipinski definition) is 5. The maximum atomic E-state index is 9.55. The second-order valence-electron chi connectivity index (χ2n) is 3.47. The first-order chi connectivity index (χ1) is 7.20. The summed E-state index contributed by atoms with van der Waals surface area (Å²) in [6, 6.07) is 0. The van der Waals surface area contributed by atoms with Gasteiger partial charge >= 0.3 is 0 Å². The molecule has 0 rings (SSSR count). The van der Waals surface area contributed by atoms with Crippen molar-refractivity contribution in [2.75, 3.05) is 38.4 Å². The Bertz CT molecular complexity index is 138. The molecule has 92 valence electrons. The van der Waals surface area contributed by atoms with E-state index in [1.807, 2.05) is 6.92 Å². The minimum Gasteiger partial charge on any atom is -0.390 e. The Balaban J connectivity index is 3.28. The molecule has 0 aromatic carbocycles.